The van der Waals surface area contributed by atoms with E-state index in [0.29, 0.717) is 0 Å². The van der Waals surface area contributed by atoms with E-state index in [4.69, 9.17) is 0 Å². The minimum Gasteiger partial charge on any atom is -0.298 e. The number of Topliss-reactive ketones (excluding diaryl/α,β-unsaturated/α-hetero) is 1. The molecule has 2 rings (SSSR count). The molecule has 122 valence electrons. The van der Waals surface area contributed by atoms with Crippen molar-refractivity contribution in [1.29, 1.82) is 0 Å². The zero-order chi connectivity index (χ0) is 17.2. The lowest BCUT2D eigenvalue weighted by Gasteiger charge is -2.30. The number of hydrogen-bond acceptors (Lipinski definition) is 1. The second kappa shape index (κ2) is 7.31. The highest BCUT2D eigenvalue weighted by molar-refractivity contribution is 9.10. The monoisotopic (exact) mass is 436 g/mol. The molecular weight excluding hydrogens is 416 g/mol. The van der Waals surface area contributed by atoms with Gasteiger partial charge < -0.3 is 0 Å². The van der Waals surface area contributed by atoms with Gasteiger partial charge in [0, 0.05) is 20.3 Å². The molecule has 0 N–H and O–H groups in total. The van der Waals surface area contributed by atoms with E-state index in [9.17, 15) is 4.79 Å². The lowest BCUT2D eigenvalue weighted by Crippen LogP contribution is -2.30. The fraction of sp³-hybridized carbons (Fsp3) is 0.350. The maximum Gasteiger partial charge on any atom is 0.146 e. The van der Waals surface area contributed by atoms with Gasteiger partial charge in [-0.3, -0.25) is 4.79 Å². The van der Waals surface area contributed by atoms with Crippen LogP contribution in [0.25, 0.3) is 0 Å². The summed E-state index contributed by atoms with van der Waals surface area (Å²) in [6.45, 7) is 8.13. The van der Waals surface area contributed by atoms with Crippen LogP contribution in [-0.4, -0.2) is 5.78 Å². The van der Waals surface area contributed by atoms with Crippen molar-refractivity contribution in [2.45, 2.75) is 39.5 Å². The Morgan fingerprint density at radius 2 is 1.22 bits per heavy atom. The van der Waals surface area contributed by atoms with Crippen LogP contribution in [0.15, 0.2) is 57.5 Å². The number of rotatable bonds is 4. The summed E-state index contributed by atoms with van der Waals surface area (Å²) in [5, 5.41) is 0. The largest absolute Gasteiger partial charge is 0.298 e. The van der Waals surface area contributed by atoms with Gasteiger partial charge in [0.2, 0.25) is 0 Å². The van der Waals surface area contributed by atoms with Crippen LogP contribution in [-0.2, 0) is 4.79 Å². The molecule has 0 heterocycles. The number of carbonyl (C=O) groups is 1. The van der Waals surface area contributed by atoms with Gasteiger partial charge in [0.05, 0.1) is 0 Å². The van der Waals surface area contributed by atoms with Crippen molar-refractivity contribution < 1.29 is 4.79 Å². The highest BCUT2D eigenvalue weighted by Crippen LogP contribution is 2.39. The third kappa shape index (κ3) is 4.54. The lowest BCUT2D eigenvalue weighted by atomic mass is 9.72. The Labute approximate surface area is 155 Å². The van der Waals surface area contributed by atoms with E-state index in [2.05, 4.69) is 50.9 Å². The molecule has 0 amide bonds. The summed E-state index contributed by atoms with van der Waals surface area (Å²) < 4.78 is 2.08. The molecule has 2 atom stereocenters. The Morgan fingerprint density at radius 1 is 0.826 bits per heavy atom. The van der Waals surface area contributed by atoms with E-state index < -0.39 is 0 Å². The van der Waals surface area contributed by atoms with Gasteiger partial charge in [-0.2, -0.15) is 0 Å². The van der Waals surface area contributed by atoms with Gasteiger partial charge in [0.1, 0.15) is 5.78 Å². The zero-order valence-electron chi connectivity index (χ0n) is 13.9. The first kappa shape index (κ1) is 18.4. The van der Waals surface area contributed by atoms with Gasteiger partial charge in [-0.1, -0.05) is 83.8 Å². The highest BCUT2D eigenvalue weighted by Gasteiger charge is 2.34. The molecule has 3 heteroatoms. The molecule has 0 spiro atoms. The number of carbonyl (C=O) groups excluding carboxylic acids is 1. The molecule has 2 unspecified atom stereocenters. The van der Waals surface area contributed by atoms with Crippen molar-refractivity contribution in [3.05, 3.63) is 68.6 Å². The number of ketones is 1. The Bertz CT molecular complexity index is 666. The average molecular weight is 438 g/mol. The second-order valence-electron chi connectivity index (χ2n) is 6.98. The number of halogens is 2. The van der Waals surface area contributed by atoms with Crippen molar-refractivity contribution in [2.24, 2.45) is 5.41 Å². The molecule has 1 nitrogen and oxygen atoms in total. The van der Waals surface area contributed by atoms with Gasteiger partial charge in [-0.05, 0) is 41.3 Å². The molecule has 0 saturated heterocycles. The van der Waals surface area contributed by atoms with Crippen molar-refractivity contribution >= 4 is 37.6 Å². The first-order valence-electron chi connectivity index (χ1n) is 7.75. The van der Waals surface area contributed by atoms with Crippen LogP contribution in [0.2, 0.25) is 0 Å². The first-order chi connectivity index (χ1) is 10.7. The van der Waals surface area contributed by atoms with Crippen molar-refractivity contribution in [2.75, 3.05) is 0 Å². The van der Waals surface area contributed by atoms with Crippen LogP contribution in [0.1, 0.15) is 50.7 Å². The molecule has 2 aromatic rings. The Morgan fingerprint density at radius 3 is 1.61 bits per heavy atom. The molecule has 0 saturated carbocycles. The molecule has 0 aliphatic heterocycles. The fourth-order valence-corrected chi connectivity index (χ4v) is 3.29. The quantitative estimate of drug-likeness (QED) is 0.519. The van der Waals surface area contributed by atoms with E-state index in [1.807, 2.05) is 57.2 Å². The summed E-state index contributed by atoms with van der Waals surface area (Å²) in [7, 11) is 0. The molecule has 0 radical (unpaired) electrons. The molecule has 0 aromatic heterocycles. The maximum atomic E-state index is 13.1. The van der Waals surface area contributed by atoms with Crippen molar-refractivity contribution in [3.8, 4) is 0 Å². The summed E-state index contributed by atoms with van der Waals surface area (Å²) in [5.74, 6) is 0.246. The number of benzene rings is 2. The molecular formula is C20H22Br2O. The van der Waals surface area contributed by atoms with Gasteiger partial charge >= 0.3 is 0 Å². The SMILES string of the molecule is CC(c1ccc(Br)cc1)C(C(=O)C(C)(C)C)c1ccc(Br)cc1. The number of hydrogen-bond donors (Lipinski definition) is 0. The van der Waals surface area contributed by atoms with E-state index in [1.165, 1.54) is 5.56 Å². The van der Waals surface area contributed by atoms with Gasteiger partial charge in [-0.25, -0.2) is 0 Å². The lowest BCUT2D eigenvalue weighted by molar-refractivity contribution is -0.128. The minimum absolute atomic E-state index is 0.121. The van der Waals surface area contributed by atoms with Crippen molar-refractivity contribution in [1.82, 2.24) is 0 Å². The normalized spacial score (nSPS) is 14.3. The molecule has 23 heavy (non-hydrogen) atoms. The first-order valence-corrected chi connectivity index (χ1v) is 9.34. The molecule has 0 aliphatic carbocycles. The maximum absolute atomic E-state index is 13.1. The summed E-state index contributed by atoms with van der Waals surface area (Å²) in [6.07, 6.45) is 0. The van der Waals surface area contributed by atoms with E-state index >= 15 is 0 Å². The average Bonchev–Trinajstić information content (AvgIpc) is 2.49. The summed E-state index contributed by atoms with van der Waals surface area (Å²) >= 11 is 6.94. The van der Waals surface area contributed by atoms with Crippen LogP contribution in [0.4, 0.5) is 0 Å². The molecule has 0 bridgehead atoms. The van der Waals surface area contributed by atoms with E-state index in [-0.39, 0.29) is 23.0 Å². The van der Waals surface area contributed by atoms with E-state index in [0.717, 1.165) is 14.5 Å². The predicted octanol–water partition coefficient (Wildman–Crippen LogP) is 6.71. The summed E-state index contributed by atoms with van der Waals surface area (Å²) in [4.78, 5) is 13.1. The Hall–Kier alpha value is -0.930. The van der Waals surface area contributed by atoms with Gasteiger partial charge in [-0.15, -0.1) is 0 Å². The third-order valence-electron chi connectivity index (χ3n) is 4.15. The standard InChI is InChI=1S/C20H22Br2O/c1-13(14-5-9-16(21)10-6-14)18(19(23)20(2,3)4)15-7-11-17(22)12-8-15/h5-13,18H,1-4H3. The van der Waals surface area contributed by atoms with Gasteiger partial charge in [0.25, 0.3) is 0 Å². The zero-order valence-corrected chi connectivity index (χ0v) is 17.1. The van der Waals surface area contributed by atoms with Crippen LogP contribution in [0.5, 0.6) is 0 Å². The molecule has 0 aliphatic rings. The Kier molecular flexibility index (Phi) is 5.85. The molecule has 0 fully saturated rings. The van der Waals surface area contributed by atoms with E-state index in [1.54, 1.807) is 0 Å². The second-order valence-corrected chi connectivity index (χ2v) is 8.82. The Balaban J connectivity index is 2.46. The molecule has 2 aromatic carbocycles. The van der Waals surface area contributed by atoms with Crippen LogP contribution in [0, 0.1) is 5.41 Å². The fourth-order valence-electron chi connectivity index (χ4n) is 2.76. The van der Waals surface area contributed by atoms with Crippen LogP contribution in [0.3, 0.4) is 0 Å². The topological polar surface area (TPSA) is 17.1 Å². The minimum atomic E-state index is -0.374. The van der Waals surface area contributed by atoms with Gasteiger partial charge in [0.15, 0.2) is 0 Å². The predicted molar refractivity (Wildman–Crippen MR) is 104 cm³/mol. The highest BCUT2D eigenvalue weighted by atomic mass is 79.9. The van der Waals surface area contributed by atoms with Crippen LogP contribution < -0.4 is 0 Å². The van der Waals surface area contributed by atoms with Crippen molar-refractivity contribution in [3.63, 3.8) is 0 Å². The summed E-state index contributed by atoms with van der Waals surface area (Å²) in [5.41, 5.74) is 1.88. The van der Waals surface area contributed by atoms with Crippen LogP contribution >= 0.6 is 31.9 Å². The smallest absolute Gasteiger partial charge is 0.146 e. The summed E-state index contributed by atoms with van der Waals surface area (Å²) in [6, 6.07) is 16.4. The third-order valence-corrected chi connectivity index (χ3v) is 5.20.